The Kier molecular flexibility index (Phi) is 6.34. The van der Waals surface area contributed by atoms with E-state index in [4.69, 9.17) is 4.74 Å². The molecule has 0 unspecified atom stereocenters. The standard InChI is InChI=1S/C22H21NO2S/c1-17-6-5-7-18(14-17)15-26-16-22(24)23-19-10-12-21(13-11-19)25-20-8-3-2-4-9-20/h2-14H,15-16H2,1H3,(H,23,24). The summed E-state index contributed by atoms with van der Waals surface area (Å²) < 4.78 is 5.75. The molecular formula is C22H21NO2S. The molecule has 1 amide bonds. The van der Waals surface area contributed by atoms with Crippen molar-refractivity contribution in [1.82, 2.24) is 0 Å². The molecule has 0 bridgehead atoms. The number of nitrogens with one attached hydrogen (secondary N) is 1. The summed E-state index contributed by atoms with van der Waals surface area (Å²) in [6.07, 6.45) is 0. The average molecular weight is 363 g/mol. The van der Waals surface area contributed by atoms with Crippen molar-refractivity contribution in [2.24, 2.45) is 0 Å². The van der Waals surface area contributed by atoms with Crippen LogP contribution in [0.25, 0.3) is 0 Å². The Morgan fingerprint density at radius 1 is 0.923 bits per heavy atom. The Bertz CT molecular complexity index is 848. The zero-order valence-electron chi connectivity index (χ0n) is 14.6. The normalized spacial score (nSPS) is 10.3. The van der Waals surface area contributed by atoms with E-state index in [0.717, 1.165) is 22.9 Å². The number of thioether (sulfide) groups is 1. The van der Waals surface area contributed by atoms with Gasteiger partial charge in [0.05, 0.1) is 5.75 Å². The van der Waals surface area contributed by atoms with Crippen molar-refractivity contribution >= 4 is 23.4 Å². The van der Waals surface area contributed by atoms with Crippen LogP contribution in [0, 0.1) is 6.92 Å². The van der Waals surface area contributed by atoms with E-state index >= 15 is 0 Å². The molecule has 0 aliphatic heterocycles. The number of carbonyl (C=O) groups is 1. The van der Waals surface area contributed by atoms with Crippen LogP contribution >= 0.6 is 11.8 Å². The second kappa shape index (κ2) is 9.11. The fourth-order valence-corrected chi connectivity index (χ4v) is 3.27. The number of benzene rings is 3. The van der Waals surface area contributed by atoms with Crippen molar-refractivity contribution in [2.45, 2.75) is 12.7 Å². The zero-order chi connectivity index (χ0) is 18.2. The predicted molar refractivity (Wildman–Crippen MR) is 109 cm³/mol. The SMILES string of the molecule is Cc1cccc(CSCC(=O)Nc2ccc(Oc3ccccc3)cc2)c1. The lowest BCUT2D eigenvalue weighted by Gasteiger charge is -2.08. The highest BCUT2D eigenvalue weighted by Gasteiger charge is 2.04. The minimum atomic E-state index is -0.000573. The van der Waals surface area contributed by atoms with E-state index in [1.54, 1.807) is 11.8 Å². The highest BCUT2D eigenvalue weighted by Crippen LogP contribution is 2.22. The molecule has 3 rings (SSSR count). The van der Waals surface area contributed by atoms with Gasteiger partial charge in [-0.25, -0.2) is 0 Å². The third-order valence-corrected chi connectivity index (χ3v) is 4.71. The molecular weight excluding hydrogens is 342 g/mol. The fraction of sp³-hybridized carbons (Fsp3) is 0.136. The molecule has 0 aliphatic carbocycles. The van der Waals surface area contributed by atoms with E-state index in [2.05, 4.69) is 30.4 Å². The van der Waals surface area contributed by atoms with E-state index in [1.165, 1.54) is 11.1 Å². The molecule has 0 saturated heterocycles. The monoisotopic (exact) mass is 363 g/mol. The van der Waals surface area contributed by atoms with Crippen LogP contribution in [0.3, 0.4) is 0 Å². The summed E-state index contributed by atoms with van der Waals surface area (Å²) in [7, 11) is 0. The van der Waals surface area contributed by atoms with Crippen LogP contribution in [-0.4, -0.2) is 11.7 Å². The van der Waals surface area contributed by atoms with E-state index < -0.39 is 0 Å². The van der Waals surface area contributed by atoms with E-state index in [9.17, 15) is 4.79 Å². The molecule has 26 heavy (non-hydrogen) atoms. The molecule has 0 spiro atoms. The van der Waals surface area contributed by atoms with Gasteiger partial charge in [0, 0.05) is 11.4 Å². The first kappa shape index (κ1) is 18.1. The lowest BCUT2D eigenvalue weighted by atomic mass is 10.2. The molecule has 1 N–H and O–H groups in total. The molecule has 132 valence electrons. The maximum Gasteiger partial charge on any atom is 0.234 e. The number of hydrogen-bond donors (Lipinski definition) is 1. The second-order valence-corrected chi connectivity index (χ2v) is 6.96. The lowest BCUT2D eigenvalue weighted by molar-refractivity contribution is -0.113. The lowest BCUT2D eigenvalue weighted by Crippen LogP contribution is -2.14. The molecule has 0 saturated carbocycles. The van der Waals surface area contributed by atoms with Crippen molar-refractivity contribution < 1.29 is 9.53 Å². The number of carbonyl (C=O) groups excluding carboxylic acids is 1. The van der Waals surface area contributed by atoms with Crippen molar-refractivity contribution in [3.05, 3.63) is 90.0 Å². The van der Waals surface area contributed by atoms with Gasteiger partial charge in [-0.15, -0.1) is 11.8 Å². The summed E-state index contributed by atoms with van der Waals surface area (Å²) in [6, 6.07) is 25.4. The summed E-state index contributed by atoms with van der Waals surface area (Å²) in [5, 5.41) is 2.92. The molecule has 0 atom stereocenters. The molecule has 0 heterocycles. The first-order chi connectivity index (χ1) is 12.7. The summed E-state index contributed by atoms with van der Waals surface area (Å²) in [6.45, 7) is 2.08. The van der Waals surface area contributed by atoms with Gasteiger partial charge in [-0.1, -0.05) is 48.0 Å². The van der Waals surface area contributed by atoms with Gasteiger partial charge in [-0.2, -0.15) is 0 Å². The first-order valence-electron chi connectivity index (χ1n) is 8.45. The quantitative estimate of drug-likeness (QED) is 0.589. The molecule has 3 nitrogen and oxygen atoms in total. The molecule has 0 aliphatic rings. The van der Waals surface area contributed by atoms with Crippen LogP contribution in [0.5, 0.6) is 11.5 Å². The molecule has 3 aromatic rings. The highest BCUT2D eigenvalue weighted by atomic mass is 32.2. The summed E-state index contributed by atoms with van der Waals surface area (Å²) in [4.78, 5) is 12.1. The number of ether oxygens (including phenoxy) is 1. The zero-order valence-corrected chi connectivity index (χ0v) is 15.5. The molecule has 3 aromatic carbocycles. The Morgan fingerprint density at radius 2 is 1.65 bits per heavy atom. The molecule has 0 radical (unpaired) electrons. The smallest absolute Gasteiger partial charge is 0.234 e. The van der Waals surface area contributed by atoms with Crippen LogP contribution in [0.1, 0.15) is 11.1 Å². The minimum absolute atomic E-state index is 0.000573. The second-order valence-electron chi connectivity index (χ2n) is 5.97. The topological polar surface area (TPSA) is 38.3 Å². The fourth-order valence-electron chi connectivity index (χ4n) is 2.49. The number of anilines is 1. The molecule has 0 aromatic heterocycles. The largest absolute Gasteiger partial charge is 0.457 e. The van der Waals surface area contributed by atoms with Gasteiger partial charge in [0.2, 0.25) is 5.91 Å². The Balaban J connectivity index is 1.45. The van der Waals surface area contributed by atoms with Gasteiger partial charge in [0.15, 0.2) is 0 Å². The van der Waals surface area contributed by atoms with Crippen molar-refractivity contribution in [2.75, 3.05) is 11.1 Å². The maximum absolute atomic E-state index is 12.1. The van der Waals surface area contributed by atoms with Crippen LogP contribution in [0.15, 0.2) is 78.9 Å². The van der Waals surface area contributed by atoms with Gasteiger partial charge in [-0.05, 0) is 48.9 Å². The average Bonchev–Trinajstić information content (AvgIpc) is 2.64. The van der Waals surface area contributed by atoms with Gasteiger partial charge >= 0.3 is 0 Å². The van der Waals surface area contributed by atoms with Crippen molar-refractivity contribution in [3.8, 4) is 11.5 Å². The summed E-state index contributed by atoms with van der Waals surface area (Å²) in [5.74, 6) is 2.79. The van der Waals surface area contributed by atoms with Gasteiger partial charge < -0.3 is 10.1 Å². The maximum atomic E-state index is 12.1. The van der Waals surface area contributed by atoms with E-state index in [0.29, 0.717) is 5.75 Å². The number of amides is 1. The summed E-state index contributed by atoms with van der Waals surface area (Å²) in [5.41, 5.74) is 3.25. The third kappa shape index (κ3) is 5.67. The number of rotatable bonds is 7. The Hall–Kier alpha value is -2.72. The highest BCUT2D eigenvalue weighted by molar-refractivity contribution is 7.99. The number of hydrogen-bond acceptors (Lipinski definition) is 3. The number of aryl methyl sites for hydroxylation is 1. The van der Waals surface area contributed by atoms with Crippen molar-refractivity contribution in [3.63, 3.8) is 0 Å². The van der Waals surface area contributed by atoms with Gasteiger partial charge in [0.25, 0.3) is 0 Å². The predicted octanol–water partition coefficient (Wildman–Crippen LogP) is 5.66. The van der Waals surface area contributed by atoms with Crippen molar-refractivity contribution in [1.29, 1.82) is 0 Å². The first-order valence-corrected chi connectivity index (χ1v) is 9.60. The van der Waals surface area contributed by atoms with Crippen LogP contribution in [0.4, 0.5) is 5.69 Å². The van der Waals surface area contributed by atoms with Crippen LogP contribution in [0.2, 0.25) is 0 Å². The molecule has 4 heteroatoms. The Labute approximate surface area is 158 Å². The van der Waals surface area contributed by atoms with E-state index in [-0.39, 0.29) is 5.91 Å². The van der Waals surface area contributed by atoms with Gasteiger partial charge in [-0.3, -0.25) is 4.79 Å². The van der Waals surface area contributed by atoms with Crippen LogP contribution in [-0.2, 0) is 10.5 Å². The summed E-state index contributed by atoms with van der Waals surface area (Å²) >= 11 is 1.61. The number of para-hydroxylation sites is 1. The van der Waals surface area contributed by atoms with Gasteiger partial charge in [0.1, 0.15) is 11.5 Å². The minimum Gasteiger partial charge on any atom is -0.457 e. The third-order valence-electron chi connectivity index (χ3n) is 3.70. The molecule has 0 fully saturated rings. The Morgan fingerprint density at radius 3 is 2.38 bits per heavy atom. The van der Waals surface area contributed by atoms with Crippen LogP contribution < -0.4 is 10.1 Å². The van der Waals surface area contributed by atoms with E-state index in [1.807, 2.05) is 60.7 Å².